The van der Waals surface area contributed by atoms with Gasteiger partial charge in [0.25, 0.3) is 0 Å². The van der Waals surface area contributed by atoms with E-state index in [9.17, 15) is 14.5 Å². The summed E-state index contributed by atoms with van der Waals surface area (Å²) in [4.78, 5) is 14.6. The summed E-state index contributed by atoms with van der Waals surface area (Å²) >= 11 is 0. The lowest BCUT2D eigenvalue weighted by Crippen LogP contribution is -2.25. The number of benzene rings is 1. The molecule has 0 aliphatic carbocycles. The van der Waals surface area contributed by atoms with E-state index in [0.717, 1.165) is 36.9 Å². The maximum absolute atomic E-state index is 14.0. The Labute approximate surface area is 316 Å². The fraction of sp³-hybridized carbons (Fsp3) is 0.625. The van der Waals surface area contributed by atoms with Crippen molar-refractivity contribution in [1.82, 2.24) is 14.6 Å². The Kier molecular flexibility index (Phi) is 20.3. The van der Waals surface area contributed by atoms with Crippen LogP contribution >= 0.6 is 8.60 Å². The maximum Gasteiger partial charge on any atom is 0.330 e. The number of aromatic nitrogens is 3. The number of nitrogens with two attached hydrogens (primary N) is 1. The van der Waals surface area contributed by atoms with Gasteiger partial charge in [-0.2, -0.15) is 10.4 Å². The summed E-state index contributed by atoms with van der Waals surface area (Å²) in [5, 5.41) is 13.5. The van der Waals surface area contributed by atoms with Crippen molar-refractivity contribution in [3.63, 3.8) is 0 Å². The van der Waals surface area contributed by atoms with Gasteiger partial charge < -0.3 is 33.9 Å². The van der Waals surface area contributed by atoms with Gasteiger partial charge in [-0.25, -0.2) is 13.9 Å². The van der Waals surface area contributed by atoms with Crippen LogP contribution < -0.4 is 5.73 Å². The minimum absolute atomic E-state index is 0.0153. The molecule has 2 aromatic heterocycles. The highest BCUT2D eigenvalue weighted by Crippen LogP contribution is 2.38. The summed E-state index contributed by atoms with van der Waals surface area (Å²) in [5.74, 6) is -0.0981. The number of hydrogen-bond donors (Lipinski definition) is 2. The van der Waals surface area contributed by atoms with E-state index >= 15 is 0 Å². The van der Waals surface area contributed by atoms with Crippen LogP contribution in [-0.2, 0) is 29.9 Å². The van der Waals surface area contributed by atoms with Crippen molar-refractivity contribution in [1.29, 1.82) is 5.26 Å². The number of ether oxygens (including phenoxy) is 3. The highest BCUT2D eigenvalue weighted by atomic mass is 31.2. The molecule has 0 amide bonds. The summed E-state index contributed by atoms with van der Waals surface area (Å²) in [6, 6.07) is 9.87. The first-order chi connectivity index (χ1) is 26.0. The monoisotopic (exact) mass is 755 g/mol. The van der Waals surface area contributed by atoms with Crippen LogP contribution in [0.15, 0.2) is 48.8 Å². The van der Waals surface area contributed by atoms with E-state index in [1.807, 2.05) is 18.2 Å². The first-order valence-corrected chi connectivity index (χ1v) is 20.6. The SMILES string of the molecule is CCCCCCCC/C=C/CCCCCCCCOCC(COP(O)OCC1CCC(c2ccc3c(N)ncnn23)O1)OCc1cc(F)cc(C#N)c1. The Morgan fingerprint density at radius 2 is 1.74 bits per heavy atom. The Hall–Kier alpha value is -3.01. The third-order valence-corrected chi connectivity index (χ3v) is 10.1. The number of unbranched alkanes of at least 4 members (excludes halogenated alkanes) is 12. The molecule has 1 aliphatic rings. The normalized spacial score (nSPS) is 17.2. The fourth-order valence-electron chi connectivity index (χ4n) is 6.42. The van der Waals surface area contributed by atoms with Crippen LogP contribution in [-0.4, -0.2) is 58.1 Å². The minimum Gasteiger partial charge on any atom is -0.382 e. The highest BCUT2D eigenvalue weighted by molar-refractivity contribution is 7.40. The number of nitriles is 1. The maximum atomic E-state index is 14.0. The lowest BCUT2D eigenvalue weighted by molar-refractivity contribution is -0.0493. The third-order valence-electron chi connectivity index (χ3n) is 9.37. The summed E-state index contributed by atoms with van der Waals surface area (Å²) in [5.41, 5.74) is 8.33. The number of halogens is 1. The average molecular weight is 756 g/mol. The number of anilines is 1. The Balaban J connectivity index is 1.10. The molecular formula is C40H59FN5O6P. The van der Waals surface area contributed by atoms with Gasteiger partial charge >= 0.3 is 8.60 Å². The molecule has 0 spiro atoms. The van der Waals surface area contributed by atoms with Gasteiger partial charge in [0.05, 0.1) is 49.9 Å². The van der Waals surface area contributed by atoms with Crippen LogP contribution in [0.1, 0.15) is 133 Å². The minimum atomic E-state index is -2.20. The molecule has 0 radical (unpaired) electrons. The number of nitrogen functional groups attached to an aromatic ring is 1. The number of fused-ring (bicyclic) bond motifs is 1. The van der Waals surface area contributed by atoms with Crippen LogP contribution in [0.4, 0.5) is 10.2 Å². The Morgan fingerprint density at radius 3 is 2.49 bits per heavy atom. The molecule has 1 aliphatic heterocycles. The topological polar surface area (TPSA) is 146 Å². The first-order valence-electron chi connectivity index (χ1n) is 19.5. The van der Waals surface area contributed by atoms with E-state index in [2.05, 4.69) is 29.2 Å². The van der Waals surface area contributed by atoms with Gasteiger partial charge in [-0.3, -0.25) is 0 Å². The van der Waals surface area contributed by atoms with Crippen molar-refractivity contribution < 1.29 is 32.5 Å². The van der Waals surface area contributed by atoms with Gasteiger partial charge in [0.1, 0.15) is 29.9 Å². The predicted molar refractivity (Wildman–Crippen MR) is 205 cm³/mol. The highest BCUT2D eigenvalue weighted by Gasteiger charge is 2.30. The van der Waals surface area contributed by atoms with Gasteiger partial charge in [-0.05, 0) is 80.8 Å². The summed E-state index contributed by atoms with van der Waals surface area (Å²) in [7, 11) is -2.20. The molecule has 3 N–H and O–H groups in total. The number of allylic oxidation sites excluding steroid dienone is 2. The molecule has 53 heavy (non-hydrogen) atoms. The number of nitrogens with zero attached hydrogens (tertiary/aromatic N) is 4. The molecule has 4 rings (SSSR count). The van der Waals surface area contributed by atoms with Crippen molar-refractivity contribution >= 4 is 19.9 Å². The molecular weight excluding hydrogens is 696 g/mol. The summed E-state index contributed by atoms with van der Waals surface area (Å²) < 4.78 is 45.2. The quantitative estimate of drug-likeness (QED) is 0.0417. The number of hydrogen-bond acceptors (Lipinski definition) is 10. The van der Waals surface area contributed by atoms with E-state index < -0.39 is 20.5 Å². The molecule has 292 valence electrons. The molecule has 0 saturated carbocycles. The van der Waals surface area contributed by atoms with Crippen molar-refractivity contribution in [3.05, 3.63) is 71.4 Å². The average Bonchev–Trinajstić information content (AvgIpc) is 3.82. The second-order valence-corrected chi connectivity index (χ2v) is 14.8. The van der Waals surface area contributed by atoms with E-state index in [0.29, 0.717) is 18.0 Å². The van der Waals surface area contributed by atoms with Crippen molar-refractivity contribution in [2.75, 3.05) is 32.2 Å². The Morgan fingerprint density at radius 1 is 1.00 bits per heavy atom. The van der Waals surface area contributed by atoms with Crippen LogP contribution in [0.3, 0.4) is 0 Å². The first kappa shape index (κ1) is 42.7. The van der Waals surface area contributed by atoms with Gasteiger partial charge in [0.2, 0.25) is 0 Å². The third kappa shape index (κ3) is 16.1. The summed E-state index contributed by atoms with van der Waals surface area (Å²) in [6.45, 7) is 3.32. The fourth-order valence-corrected chi connectivity index (χ4v) is 7.08. The van der Waals surface area contributed by atoms with Crippen LogP contribution in [0.2, 0.25) is 0 Å². The Bertz CT molecular complexity index is 1540. The van der Waals surface area contributed by atoms with Crippen LogP contribution in [0.5, 0.6) is 0 Å². The largest absolute Gasteiger partial charge is 0.382 e. The van der Waals surface area contributed by atoms with E-state index in [1.54, 1.807) is 10.6 Å². The molecule has 11 nitrogen and oxygen atoms in total. The molecule has 4 unspecified atom stereocenters. The molecule has 1 aromatic carbocycles. The van der Waals surface area contributed by atoms with Gasteiger partial charge in [-0.1, -0.05) is 76.9 Å². The second-order valence-electron chi connectivity index (χ2n) is 13.8. The van der Waals surface area contributed by atoms with Crippen LogP contribution in [0.25, 0.3) is 5.52 Å². The molecule has 0 bridgehead atoms. The summed E-state index contributed by atoms with van der Waals surface area (Å²) in [6.07, 6.45) is 24.1. The molecule has 3 aromatic rings. The molecule has 1 fully saturated rings. The predicted octanol–water partition coefficient (Wildman–Crippen LogP) is 9.43. The van der Waals surface area contributed by atoms with Gasteiger partial charge in [-0.15, -0.1) is 0 Å². The smallest absolute Gasteiger partial charge is 0.330 e. The zero-order chi connectivity index (χ0) is 37.5. The van der Waals surface area contributed by atoms with Crippen molar-refractivity contribution in [2.45, 2.75) is 135 Å². The molecule has 4 atom stereocenters. The number of rotatable bonds is 28. The molecule has 13 heteroatoms. The lowest BCUT2D eigenvalue weighted by Gasteiger charge is -2.20. The van der Waals surface area contributed by atoms with E-state index in [4.69, 9.17) is 29.0 Å². The van der Waals surface area contributed by atoms with E-state index in [1.165, 1.54) is 95.5 Å². The van der Waals surface area contributed by atoms with Gasteiger partial charge in [0, 0.05) is 6.61 Å². The van der Waals surface area contributed by atoms with Crippen molar-refractivity contribution in [3.8, 4) is 6.07 Å². The molecule has 1 saturated heterocycles. The van der Waals surface area contributed by atoms with Crippen molar-refractivity contribution in [2.24, 2.45) is 0 Å². The van der Waals surface area contributed by atoms with E-state index in [-0.39, 0.29) is 44.2 Å². The zero-order valence-electron chi connectivity index (χ0n) is 31.4. The second kappa shape index (κ2) is 25.1. The molecule has 3 heterocycles. The van der Waals surface area contributed by atoms with Crippen LogP contribution in [0, 0.1) is 17.1 Å². The lowest BCUT2D eigenvalue weighted by atomic mass is 10.1. The van der Waals surface area contributed by atoms with Gasteiger partial charge in [0.15, 0.2) is 5.82 Å². The zero-order valence-corrected chi connectivity index (χ0v) is 32.3. The standard InChI is InChI=1S/C40H59FN5O6P/c1-2-3-4-5-6-7-8-9-10-11-12-13-14-15-16-17-22-48-28-36(49-27-33-23-32(26-42)24-34(41)25-33)30-51-53(47)50-29-35-18-21-39(52-35)37-19-20-38-40(43)44-31-45-46(37)38/h9-10,19-20,23-25,31,35-36,39,47H,2-8,11-18,21-22,27-30H2,1H3,(H2,43,44,45)/b10-9+.